The molecule has 0 atom stereocenters. The Morgan fingerprint density at radius 3 is 2.54 bits per heavy atom. The molecule has 1 aromatic heterocycles. The lowest BCUT2D eigenvalue weighted by Crippen LogP contribution is -2.47. The molecular weight excluding hydrogens is 344 g/mol. The third-order valence-electron chi connectivity index (χ3n) is 4.61. The van der Waals surface area contributed by atoms with E-state index in [-0.39, 0.29) is 11.7 Å². The fraction of sp³-hybridized carbons (Fsp3) is 0.450. The Hall–Kier alpha value is -2.26. The smallest absolute Gasteiger partial charge is 0.231 e. The first-order valence-corrected chi connectivity index (χ1v) is 9.89. The molecule has 0 aliphatic rings. The SMILES string of the molecule is C#CC(CC)(CC)NC(=O)CSc1nnc(-c2ccccc2C)n1CC. The highest BCUT2D eigenvalue weighted by molar-refractivity contribution is 7.99. The summed E-state index contributed by atoms with van der Waals surface area (Å²) in [5.74, 6) is 3.73. The van der Waals surface area contributed by atoms with E-state index in [1.807, 2.05) is 43.5 Å². The summed E-state index contributed by atoms with van der Waals surface area (Å²) in [6, 6.07) is 8.09. The lowest BCUT2D eigenvalue weighted by Gasteiger charge is -2.26. The van der Waals surface area contributed by atoms with E-state index in [2.05, 4.69) is 34.4 Å². The van der Waals surface area contributed by atoms with Crippen molar-refractivity contribution in [3.8, 4) is 23.7 Å². The van der Waals surface area contributed by atoms with Gasteiger partial charge in [-0.1, -0.05) is 55.8 Å². The molecule has 1 amide bonds. The summed E-state index contributed by atoms with van der Waals surface area (Å²) in [7, 11) is 0. The van der Waals surface area contributed by atoms with Gasteiger partial charge in [0.2, 0.25) is 5.91 Å². The number of nitrogens with zero attached hydrogens (tertiary/aromatic N) is 3. The zero-order valence-electron chi connectivity index (χ0n) is 15.9. The highest BCUT2D eigenvalue weighted by Crippen LogP contribution is 2.26. The summed E-state index contributed by atoms with van der Waals surface area (Å²) in [5.41, 5.74) is 1.64. The summed E-state index contributed by atoms with van der Waals surface area (Å²) < 4.78 is 2.04. The van der Waals surface area contributed by atoms with Crippen LogP contribution in [0.25, 0.3) is 11.4 Å². The van der Waals surface area contributed by atoms with E-state index in [1.165, 1.54) is 11.8 Å². The first-order valence-electron chi connectivity index (χ1n) is 8.91. The molecular formula is C20H26N4OS. The Balaban J connectivity index is 2.13. The Labute approximate surface area is 160 Å². The normalized spacial score (nSPS) is 11.2. The molecule has 1 aromatic carbocycles. The van der Waals surface area contributed by atoms with Gasteiger partial charge in [0, 0.05) is 12.1 Å². The quantitative estimate of drug-likeness (QED) is 0.569. The summed E-state index contributed by atoms with van der Waals surface area (Å²) in [6.45, 7) is 8.81. The third-order valence-corrected chi connectivity index (χ3v) is 5.58. The lowest BCUT2D eigenvalue weighted by atomic mass is 9.94. The van der Waals surface area contributed by atoms with Crippen molar-refractivity contribution >= 4 is 17.7 Å². The number of aryl methyl sites for hydroxylation is 1. The van der Waals surface area contributed by atoms with E-state index in [9.17, 15) is 4.79 Å². The summed E-state index contributed by atoms with van der Waals surface area (Å²) in [6.07, 6.45) is 7.03. The van der Waals surface area contributed by atoms with Crippen molar-refractivity contribution in [2.24, 2.45) is 0 Å². The maximum atomic E-state index is 12.4. The average Bonchev–Trinajstić information content (AvgIpc) is 3.07. The zero-order chi connectivity index (χ0) is 19.2. The van der Waals surface area contributed by atoms with E-state index in [4.69, 9.17) is 6.42 Å². The first-order chi connectivity index (χ1) is 12.5. The number of thioether (sulfide) groups is 1. The van der Waals surface area contributed by atoms with Crippen LogP contribution in [-0.2, 0) is 11.3 Å². The summed E-state index contributed by atoms with van der Waals surface area (Å²) >= 11 is 1.38. The van der Waals surface area contributed by atoms with Crippen LogP contribution in [0.15, 0.2) is 29.4 Å². The molecule has 2 rings (SSSR count). The van der Waals surface area contributed by atoms with Gasteiger partial charge in [-0.3, -0.25) is 4.79 Å². The Morgan fingerprint density at radius 2 is 1.96 bits per heavy atom. The molecule has 26 heavy (non-hydrogen) atoms. The number of hydrogen-bond acceptors (Lipinski definition) is 4. The van der Waals surface area contributed by atoms with Gasteiger partial charge in [0.1, 0.15) is 5.54 Å². The van der Waals surface area contributed by atoms with Gasteiger partial charge >= 0.3 is 0 Å². The van der Waals surface area contributed by atoms with Crippen molar-refractivity contribution < 1.29 is 4.79 Å². The number of carbonyl (C=O) groups is 1. The molecule has 5 nitrogen and oxygen atoms in total. The highest BCUT2D eigenvalue weighted by atomic mass is 32.2. The van der Waals surface area contributed by atoms with Gasteiger partial charge < -0.3 is 9.88 Å². The molecule has 0 saturated heterocycles. The molecule has 1 N–H and O–H groups in total. The predicted octanol–water partition coefficient (Wildman–Crippen LogP) is 3.67. The molecule has 138 valence electrons. The maximum absolute atomic E-state index is 12.4. The highest BCUT2D eigenvalue weighted by Gasteiger charge is 2.25. The minimum Gasteiger partial charge on any atom is -0.339 e. The second-order valence-electron chi connectivity index (χ2n) is 6.14. The van der Waals surface area contributed by atoms with Crippen LogP contribution in [0.3, 0.4) is 0 Å². The number of carbonyl (C=O) groups excluding carboxylic acids is 1. The fourth-order valence-corrected chi connectivity index (χ4v) is 3.61. The maximum Gasteiger partial charge on any atom is 0.231 e. The molecule has 0 aliphatic heterocycles. The molecule has 0 radical (unpaired) electrons. The van der Waals surface area contributed by atoms with Crippen molar-refractivity contribution in [3.05, 3.63) is 29.8 Å². The van der Waals surface area contributed by atoms with Gasteiger partial charge in [-0.25, -0.2) is 0 Å². The standard InChI is InChI=1S/C20H26N4OS/c1-6-20(7-2,8-3)21-17(25)14-26-19-23-22-18(24(19)9-4)16-13-11-10-12-15(16)5/h1,10-13H,7-9,14H2,2-5H3,(H,21,25). The number of aromatic nitrogens is 3. The molecule has 0 bridgehead atoms. The van der Waals surface area contributed by atoms with Crippen molar-refractivity contribution in [1.29, 1.82) is 0 Å². The lowest BCUT2D eigenvalue weighted by molar-refractivity contribution is -0.119. The monoisotopic (exact) mass is 370 g/mol. The van der Waals surface area contributed by atoms with Crippen molar-refractivity contribution in [1.82, 2.24) is 20.1 Å². The van der Waals surface area contributed by atoms with Gasteiger partial charge in [-0.2, -0.15) is 0 Å². The van der Waals surface area contributed by atoms with E-state index in [0.717, 1.165) is 28.7 Å². The van der Waals surface area contributed by atoms with E-state index >= 15 is 0 Å². The van der Waals surface area contributed by atoms with Gasteiger partial charge in [0.15, 0.2) is 11.0 Å². The van der Waals surface area contributed by atoms with Gasteiger partial charge in [0.05, 0.1) is 5.75 Å². The van der Waals surface area contributed by atoms with Crippen LogP contribution in [-0.4, -0.2) is 32.0 Å². The summed E-state index contributed by atoms with van der Waals surface area (Å²) in [4.78, 5) is 12.4. The van der Waals surface area contributed by atoms with Crippen LogP contribution in [0.2, 0.25) is 0 Å². The Bertz CT molecular complexity index is 802. The Kier molecular flexibility index (Phi) is 6.87. The first kappa shape index (κ1) is 20.1. The largest absolute Gasteiger partial charge is 0.339 e. The van der Waals surface area contributed by atoms with Crippen molar-refractivity contribution in [3.63, 3.8) is 0 Å². The zero-order valence-corrected chi connectivity index (χ0v) is 16.7. The molecule has 0 spiro atoms. The van der Waals surface area contributed by atoms with Crippen molar-refractivity contribution in [2.75, 3.05) is 5.75 Å². The molecule has 0 unspecified atom stereocenters. The number of nitrogens with one attached hydrogen (secondary N) is 1. The van der Waals surface area contributed by atoms with Crippen LogP contribution in [0.5, 0.6) is 0 Å². The van der Waals surface area contributed by atoms with Crippen molar-refractivity contribution in [2.45, 2.75) is 57.8 Å². The van der Waals surface area contributed by atoms with Crippen LogP contribution in [0.1, 0.15) is 39.2 Å². The van der Waals surface area contributed by atoms with E-state index < -0.39 is 5.54 Å². The Morgan fingerprint density at radius 1 is 1.27 bits per heavy atom. The number of hydrogen-bond donors (Lipinski definition) is 1. The second-order valence-corrected chi connectivity index (χ2v) is 7.08. The molecule has 2 aromatic rings. The van der Waals surface area contributed by atoms with Gasteiger partial charge in [-0.05, 0) is 32.3 Å². The molecule has 0 saturated carbocycles. The number of benzene rings is 1. The van der Waals surface area contributed by atoms with Crippen LogP contribution in [0, 0.1) is 19.3 Å². The molecule has 1 heterocycles. The topological polar surface area (TPSA) is 59.8 Å². The molecule has 6 heteroatoms. The number of terminal acetylenes is 1. The van der Waals surface area contributed by atoms with Crippen LogP contribution in [0.4, 0.5) is 0 Å². The molecule has 0 fully saturated rings. The number of amides is 1. The average molecular weight is 371 g/mol. The van der Waals surface area contributed by atoms with Gasteiger partial charge in [0.25, 0.3) is 0 Å². The number of rotatable bonds is 8. The van der Waals surface area contributed by atoms with E-state index in [1.54, 1.807) is 0 Å². The van der Waals surface area contributed by atoms with Crippen LogP contribution < -0.4 is 5.32 Å². The van der Waals surface area contributed by atoms with Gasteiger partial charge in [-0.15, -0.1) is 16.6 Å². The predicted molar refractivity (Wildman–Crippen MR) is 107 cm³/mol. The second kappa shape index (κ2) is 8.91. The fourth-order valence-electron chi connectivity index (χ4n) is 2.80. The summed E-state index contributed by atoms with van der Waals surface area (Å²) in [5, 5.41) is 12.4. The van der Waals surface area contributed by atoms with E-state index in [0.29, 0.717) is 12.8 Å². The minimum atomic E-state index is -0.567. The minimum absolute atomic E-state index is 0.0836. The molecule has 0 aliphatic carbocycles. The third kappa shape index (κ3) is 4.28. The van der Waals surface area contributed by atoms with Crippen LogP contribution >= 0.6 is 11.8 Å².